The predicted octanol–water partition coefficient (Wildman–Crippen LogP) is 3.61. The van der Waals surface area contributed by atoms with Crippen molar-refractivity contribution in [2.75, 3.05) is 0 Å². The SMILES string of the molecule is CC(C)CC1(O)CCCC(C(C)C)C1. The summed E-state index contributed by atoms with van der Waals surface area (Å²) >= 11 is 0. The molecule has 0 bridgehead atoms. The van der Waals surface area contributed by atoms with E-state index in [2.05, 4.69) is 27.7 Å². The van der Waals surface area contributed by atoms with Crippen LogP contribution in [-0.2, 0) is 0 Å². The van der Waals surface area contributed by atoms with Crippen LogP contribution in [0, 0.1) is 17.8 Å². The summed E-state index contributed by atoms with van der Waals surface area (Å²) in [5.74, 6) is 2.09. The molecule has 1 aliphatic carbocycles. The van der Waals surface area contributed by atoms with Crippen LogP contribution in [0.1, 0.15) is 59.8 Å². The molecule has 1 rings (SSSR count). The second-order valence-electron chi connectivity index (χ2n) is 5.92. The Morgan fingerprint density at radius 1 is 1.29 bits per heavy atom. The van der Waals surface area contributed by atoms with Crippen LogP contribution in [0.25, 0.3) is 0 Å². The second kappa shape index (κ2) is 4.65. The highest BCUT2D eigenvalue weighted by Gasteiger charge is 2.35. The molecule has 0 aromatic carbocycles. The molecule has 0 aromatic rings. The van der Waals surface area contributed by atoms with E-state index in [1.807, 2.05) is 0 Å². The summed E-state index contributed by atoms with van der Waals surface area (Å²) in [4.78, 5) is 0. The number of rotatable bonds is 3. The van der Waals surface area contributed by atoms with Gasteiger partial charge in [0.25, 0.3) is 0 Å². The van der Waals surface area contributed by atoms with Gasteiger partial charge in [-0.15, -0.1) is 0 Å². The third-order valence-electron chi connectivity index (χ3n) is 3.59. The van der Waals surface area contributed by atoms with Gasteiger partial charge < -0.3 is 5.11 Å². The summed E-state index contributed by atoms with van der Waals surface area (Å²) in [6.45, 7) is 8.98. The first-order chi connectivity index (χ1) is 6.43. The van der Waals surface area contributed by atoms with Gasteiger partial charge >= 0.3 is 0 Å². The standard InChI is InChI=1S/C13H26O/c1-10(2)8-13(14)7-5-6-12(9-13)11(3)4/h10-12,14H,5-9H2,1-4H3. The molecule has 1 fully saturated rings. The van der Waals surface area contributed by atoms with Gasteiger partial charge in [0.2, 0.25) is 0 Å². The van der Waals surface area contributed by atoms with Crippen LogP contribution in [0.5, 0.6) is 0 Å². The minimum absolute atomic E-state index is 0.346. The molecule has 0 heterocycles. The van der Waals surface area contributed by atoms with Crippen molar-refractivity contribution in [1.29, 1.82) is 0 Å². The summed E-state index contributed by atoms with van der Waals surface area (Å²) in [7, 11) is 0. The zero-order valence-electron chi connectivity index (χ0n) is 10.2. The molecule has 0 amide bonds. The molecule has 1 saturated carbocycles. The van der Waals surface area contributed by atoms with Crippen molar-refractivity contribution in [3.05, 3.63) is 0 Å². The second-order valence-corrected chi connectivity index (χ2v) is 5.92. The lowest BCUT2D eigenvalue weighted by molar-refractivity contribution is -0.0397. The monoisotopic (exact) mass is 198 g/mol. The van der Waals surface area contributed by atoms with Gasteiger partial charge in [-0.05, 0) is 43.4 Å². The van der Waals surface area contributed by atoms with Crippen LogP contribution < -0.4 is 0 Å². The molecule has 0 spiro atoms. The Labute approximate surface area is 88.9 Å². The van der Waals surface area contributed by atoms with Crippen LogP contribution >= 0.6 is 0 Å². The molecule has 0 aromatic heterocycles. The van der Waals surface area contributed by atoms with Crippen LogP contribution in [0.3, 0.4) is 0 Å². The number of hydrogen-bond acceptors (Lipinski definition) is 1. The molecule has 0 saturated heterocycles. The molecule has 1 N–H and O–H groups in total. The van der Waals surface area contributed by atoms with E-state index in [-0.39, 0.29) is 5.60 Å². The van der Waals surface area contributed by atoms with Gasteiger partial charge in [0.1, 0.15) is 0 Å². The zero-order chi connectivity index (χ0) is 10.8. The Morgan fingerprint density at radius 3 is 2.43 bits per heavy atom. The van der Waals surface area contributed by atoms with Crippen molar-refractivity contribution in [2.24, 2.45) is 17.8 Å². The molecule has 14 heavy (non-hydrogen) atoms. The minimum atomic E-state index is -0.346. The highest BCUT2D eigenvalue weighted by Crippen LogP contribution is 2.39. The zero-order valence-corrected chi connectivity index (χ0v) is 10.2. The summed E-state index contributed by atoms with van der Waals surface area (Å²) < 4.78 is 0. The maximum Gasteiger partial charge on any atom is 0.0653 e. The Balaban J connectivity index is 2.53. The lowest BCUT2D eigenvalue weighted by Gasteiger charge is -2.39. The predicted molar refractivity (Wildman–Crippen MR) is 61.2 cm³/mol. The van der Waals surface area contributed by atoms with Crippen LogP contribution in [0.15, 0.2) is 0 Å². The van der Waals surface area contributed by atoms with E-state index in [4.69, 9.17) is 0 Å². The molecule has 0 radical (unpaired) electrons. The van der Waals surface area contributed by atoms with E-state index in [1.54, 1.807) is 0 Å². The number of aliphatic hydroxyl groups is 1. The van der Waals surface area contributed by atoms with Gasteiger partial charge in [-0.25, -0.2) is 0 Å². The molecule has 84 valence electrons. The lowest BCUT2D eigenvalue weighted by atomic mass is 9.71. The van der Waals surface area contributed by atoms with Gasteiger partial charge in [-0.1, -0.05) is 34.1 Å². The Bertz CT molecular complexity index is 174. The third kappa shape index (κ3) is 3.27. The van der Waals surface area contributed by atoms with Crippen molar-refractivity contribution < 1.29 is 5.11 Å². The normalized spacial score (nSPS) is 34.1. The Morgan fingerprint density at radius 2 is 1.93 bits per heavy atom. The maximum absolute atomic E-state index is 10.5. The smallest absolute Gasteiger partial charge is 0.0653 e. The van der Waals surface area contributed by atoms with Crippen molar-refractivity contribution in [3.8, 4) is 0 Å². The third-order valence-corrected chi connectivity index (χ3v) is 3.59. The first-order valence-electron chi connectivity index (χ1n) is 6.15. The van der Waals surface area contributed by atoms with Crippen LogP contribution in [-0.4, -0.2) is 10.7 Å². The van der Waals surface area contributed by atoms with Gasteiger partial charge in [0.15, 0.2) is 0 Å². The molecule has 0 aliphatic heterocycles. The van der Waals surface area contributed by atoms with Crippen molar-refractivity contribution in [1.82, 2.24) is 0 Å². The molecule has 1 aliphatic rings. The van der Waals surface area contributed by atoms with Gasteiger partial charge in [-0.2, -0.15) is 0 Å². The average molecular weight is 198 g/mol. The quantitative estimate of drug-likeness (QED) is 0.734. The Hall–Kier alpha value is -0.0400. The molecule has 2 unspecified atom stereocenters. The molecule has 1 heteroatoms. The largest absolute Gasteiger partial charge is 0.390 e. The maximum atomic E-state index is 10.5. The number of hydrogen-bond donors (Lipinski definition) is 1. The molecule has 2 atom stereocenters. The first-order valence-corrected chi connectivity index (χ1v) is 6.15. The summed E-state index contributed by atoms with van der Waals surface area (Å²) in [5, 5.41) is 10.5. The Kier molecular flexibility index (Phi) is 4.00. The molecular weight excluding hydrogens is 172 g/mol. The first kappa shape index (κ1) is 12.0. The van der Waals surface area contributed by atoms with Crippen molar-refractivity contribution >= 4 is 0 Å². The average Bonchev–Trinajstić information content (AvgIpc) is 2.01. The topological polar surface area (TPSA) is 20.2 Å². The molecule has 1 nitrogen and oxygen atoms in total. The van der Waals surface area contributed by atoms with E-state index < -0.39 is 0 Å². The van der Waals surface area contributed by atoms with Crippen molar-refractivity contribution in [3.63, 3.8) is 0 Å². The van der Waals surface area contributed by atoms with Crippen LogP contribution in [0.2, 0.25) is 0 Å². The van der Waals surface area contributed by atoms with E-state index in [9.17, 15) is 5.11 Å². The van der Waals surface area contributed by atoms with E-state index >= 15 is 0 Å². The fourth-order valence-corrected chi connectivity index (χ4v) is 2.90. The summed E-state index contributed by atoms with van der Waals surface area (Å²) in [6, 6.07) is 0. The van der Waals surface area contributed by atoms with Gasteiger partial charge in [0.05, 0.1) is 5.60 Å². The van der Waals surface area contributed by atoms with Gasteiger partial charge in [-0.3, -0.25) is 0 Å². The lowest BCUT2D eigenvalue weighted by Crippen LogP contribution is -2.37. The van der Waals surface area contributed by atoms with Gasteiger partial charge in [0, 0.05) is 0 Å². The summed E-state index contributed by atoms with van der Waals surface area (Å²) in [6.07, 6.45) is 5.57. The van der Waals surface area contributed by atoms with Crippen molar-refractivity contribution in [2.45, 2.75) is 65.4 Å². The van der Waals surface area contributed by atoms with E-state index in [0.29, 0.717) is 5.92 Å². The summed E-state index contributed by atoms with van der Waals surface area (Å²) in [5.41, 5.74) is -0.346. The highest BCUT2D eigenvalue weighted by molar-refractivity contribution is 4.87. The minimum Gasteiger partial charge on any atom is -0.390 e. The fourth-order valence-electron chi connectivity index (χ4n) is 2.90. The van der Waals surface area contributed by atoms with Crippen LogP contribution in [0.4, 0.5) is 0 Å². The highest BCUT2D eigenvalue weighted by atomic mass is 16.3. The fraction of sp³-hybridized carbons (Fsp3) is 1.00. The van der Waals surface area contributed by atoms with E-state index in [1.165, 1.54) is 12.8 Å². The van der Waals surface area contributed by atoms with E-state index in [0.717, 1.165) is 31.1 Å². The molecular formula is C13H26O.